The van der Waals surface area contributed by atoms with E-state index in [1.54, 1.807) is 12.4 Å². The molecule has 138 valence electrons. The first-order valence-electron chi connectivity index (χ1n) is 9.34. The lowest BCUT2D eigenvalue weighted by Gasteiger charge is -2.15. The number of hydrogen-bond acceptors (Lipinski definition) is 4. The molecule has 1 N–H and O–H groups in total. The maximum Gasteiger partial charge on any atom is 0.245 e. The Hall–Kier alpha value is -2.50. The van der Waals surface area contributed by atoms with Crippen LogP contribution in [0.2, 0.25) is 0 Å². The maximum absolute atomic E-state index is 12.3. The van der Waals surface area contributed by atoms with Gasteiger partial charge in [0, 0.05) is 25.7 Å². The summed E-state index contributed by atoms with van der Waals surface area (Å²) < 4.78 is 0. The summed E-state index contributed by atoms with van der Waals surface area (Å²) in [6.07, 6.45) is 7.97. The molecule has 2 atom stereocenters. The summed E-state index contributed by atoms with van der Waals surface area (Å²) in [7, 11) is 0. The van der Waals surface area contributed by atoms with Crippen LogP contribution in [0.3, 0.4) is 0 Å². The zero-order chi connectivity index (χ0) is 18.7. The number of Topliss-reactive ketones (excluding diaryl/α,β-unsaturated/α-hetero) is 1. The third-order valence-corrected chi connectivity index (χ3v) is 5.27. The molecule has 0 aliphatic carbocycles. The molecule has 6 nitrogen and oxygen atoms in total. The van der Waals surface area contributed by atoms with Gasteiger partial charge in [0.15, 0.2) is 11.4 Å². The van der Waals surface area contributed by atoms with Crippen LogP contribution in [-0.2, 0) is 11.2 Å². The van der Waals surface area contributed by atoms with Gasteiger partial charge in [-0.1, -0.05) is 26.8 Å². The zero-order valence-corrected chi connectivity index (χ0v) is 15.5. The molecule has 26 heavy (non-hydrogen) atoms. The molecule has 1 saturated heterocycles. The number of likely N-dealkylation sites (tertiary alicyclic amines) is 1. The predicted octanol–water partition coefficient (Wildman–Crippen LogP) is 3.15. The summed E-state index contributed by atoms with van der Waals surface area (Å²) in [6, 6.07) is 0. The Morgan fingerprint density at radius 3 is 2.81 bits per heavy atom. The van der Waals surface area contributed by atoms with Crippen LogP contribution in [0.5, 0.6) is 0 Å². The minimum absolute atomic E-state index is 0.00873. The van der Waals surface area contributed by atoms with Crippen molar-refractivity contribution in [2.45, 2.75) is 39.5 Å². The molecular formula is C20H26N4O2. The van der Waals surface area contributed by atoms with Crippen LogP contribution in [0.4, 0.5) is 0 Å². The van der Waals surface area contributed by atoms with Crippen molar-refractivity contribution in [3.8, 4) is 0 Å². The number of aromatic nitrogens is 3. The Balaban J connectivity index is 1.82. The maximum atomic E-state index is 12.3. The van der Waals surface area contributed by atoms with Gasteiger partial charge in [-0.2, -0.15) is 0 Å². The lowest BCUT2D eigenvalue weighted by molar-refractivity contribution is -0.125. The molecule has 0 unspecified atom stereocenters. The monoisotopic (exact) mass is 354 g/mol. The van der Waals surface area contributed by atoms with E-state index in [4.69, 9.17) is 4.98 Å². The van der Waals surface area contributed by atoms with Crippen molar-refractivity contribution in [2.75, 3.05) is 13.1 Å². The van der Waals surface area contributed by atoms with Crippen LogP contribution in [0.1, 0.15) is 49.2 Å². The van der Waals surface area contributed by atoms with Gasteiger partial charge in [0.25, 0.3) is 0 Å². The molecule has 1 amide bonds. The highest BCUT2D eigenvalue weighted by atomic mass is 16.2. The van der Waals surface area contributed by atoms with Gasteiger partial charge in [-0.05, 0) is 30.8 Å². The van der Waals surface area contributed by atoms with Crippen molar-refractivity contribution in [1.29, 1.82) is 0 Å². The highest BCUT2D eigenvalue weighted by Crippen LogP contribution is 2.29. The molecule has 1 aliphatic rings. The Morgan fingerprint density at radius 2 is 2.12 bits per heavy atom. The smallest absolute Gasteiger partial charge is 0.245 e. The van der Waals surface area contributed by atoms with Gasteiger partial charge in [-0.15, -0.1) is 0 Å². The summed E-state index contributed by atoms with van der Waals surface area (Å²) in [4.78, 5) is 38.3. The fourth-order valence-corrected chi connectivity index (χ4v) is 3.81. The molecule has 6 heteroatoms. The number of ketones is 1. The topological polar surface area (TPSA) is 79.0 Å². The van der Waals surface area contributed by atoms with Crippen molar-refractivity contribution in [2.24, 2.45) is 11.8 Å². The van der Waals surface area contributed by atoms with Gasteiger partial charge >= 0.3 is 0 Å². The van der Waals surface area contributed by atoms with E-state index in [-0.39, 0.29) is 11.7 Å². The number of nitrogens with zero attached hydrogens (tertiary/aromatic N) is 3. The normalized spacial score (nSPS) is 19.8. The second-order valence-electron chi connectivity index (χ2n) is 7.01. The van der Waals surface area contributed by atoms with Crippen LogP contribution < -0.4 is 0 Å². The zero-order valence-electron chi connectivity index (χ0n) is 15.5. The predicted molar refractivity (Wildman–Crippen MR) is 101 cm³/mol. The van der Waals surface area contributed by atoms with Crippen molar-refractivity contribution >= 4 is 22.9 Å². The van der Waals surface area contributed by atoms with Crippen LogP contribution >= 0.6 is 0 Å². The molecule has 0 spiro atoms. The van der Waals surface area contributed by atoms with Crippen LogP contribution in [0.15, 0.2) is 25.0 Å². The number of H-pyrrole nitrogens is 1. The first-order valence-corrected chi connectivity index (χ1v) is 9.34. The van der Waals surface area contributed by atoms with Gasteiger partial charge in [0.05, 0.1) is 17.5 Å². The van der Waals surface area contributed by atoms with E-state index in [2.05, 4.69) is 23.5 Å². The van der Waals surface area contributed by atoms with Crippen LogP contribution in [-0.4, -0.2) is 44.6 Å². The van der Waals surface area contributed by atoms with Gasteiger partial charge in [0.2, 0.25) is 5.91 Å². The highest BCUT2D eigenvalue weighted by molar-refractivity contribution is 6.05. The van der Waals surface area contributed by atoms with Crippen molar-refractivity contribution in [3.05, 3.63) is 36.3 Å². The molecule has 3 rings (SSSR count). The second-order valence-corrected chi connectivity index (χ2v) is 7.01. The van der Waals surface area contributed by atoms with E-state index >= 15 is 0 Å². The van der Waals surface area contributed by atoms with Gasteiger partial charge in [0.1, 0.15) is 5.52 Å². The van der Waals surface area contributed by atoms with Crippen LogP contribution in [0.25, 0.3) is 11.2 Å². The van der Waals surface area contributed by atoms with Crippen molar-refractivity contribution < 1.29 is 9.59 Å². The summed E-state index contributed by atoms with van der Waals surface area (Å²) >= 11 is 0. The summed E-state index contributed by atoms with van der Waals surface area (Å²) in [5.41, 5.74) is 2.80. The largest absolute Gasteiger partial charge is 0.344 e. The lowest BCUT2D eigenvalue weighted by atomic mass is 9.90. The third-order valence-electron chi connectivity index (χ3n) is 5.27. The molecule has 0 saturated carbocycles. The number of fused-ring (bicyclic) bond motifs is 1. The number of carbonyl (C=O) groups excluding carboxylic acids is 2. The fraction of sp³-hybridized carbons (Fsp3) is 0.500. The van der Waals surface area contributed by atoms with Crippen molar-refractivity contribution in [3.63, 3.8) is 0 Å². The van der Waals surface area contributed by atoms with E-state index < -0.39 is 0 Å². The first-order chi connectivity index (χ1) is 12.6. The molecular weight excluding hydrogens is 328 g/mol. The minimum Gasteiger partial charge on any atom is -0.344 e. The molecule has 1 fully saturated rings. The van der Waals surface area contributed by atoms with Crippen LogP contribution in [0, 0.1) is 11.8 Å². The average molecular weight is 354 g/mol. The van der Waals surface area contributed by atoms with E-state index in [0.717, 1.165) is 38.0 Å². The standard InChI is InChI=1S/C20H26N4O2/c1-4-7-17(25)16-10-22-20-19(16)23-15(9-21-20)8-14-12-24(18(26)6-3)11-13(14)5-2/h6,9-10,13-14H,3-5,7-8,11-12H2,1-2H3,(H,21,22)/t13-,14+/m0/s1. The highest BCUT2D eigenvalue weighted by Gasteiger charge is 2.33. The number of amides is 1. The minimum atomic E-state index is -0.00873. The lowest BCUT2D eigenvalue weighted by Crippen LogP contribution is -2.27. The number of aromatic amines is 1. The van der Waals surface area contributed by atoms with E-state index in [1.807, 2.05) is 11.8 Å². The summed E-state index contributed by atoms with van der Waals surface area (Å²) in [6.45, 7) is 9.22. The molecule has 2 aromatic rings. The van der Waals surface area contributed by atoms with Gasteiger partial charge < -0.3 is 9.88 Å². The SMILES string of the molecule is C=CC(=O)N1C[C@@H](Cc2cnc3[nH]cc(C(=O)CCC)c3n2)[C@@H](CC)C1. The Morgan fingerprint density at radius 1 is 1.35 bits per heavy atom. The molecule has 0 aromatic carbocycles. The Bertz CT molecular complexity index is 826. The number of rotatable bonds is 7. The van der Waals surface area contributed by atoms with Gasteiger partial charge in [-0.3, -0.25) is 9.59 Å². The van der Waals surface area contributed by atoms with E-state index in [1.165, 1.54) is 6.08 Å². The van der Waals surface area contributed by atoms with Gasteiger partial charge in [-0.25, -0.2) is 9.97 Å². The van der Waals surface area contributed by atoms with E-state index in [0.29, 0.717) is 35.0 Å². The molecule has 1 aliphatic heterocycles. The average Bonchev–Trinajstić information content (AvgIpc) is 3.25. The molecule has 2 aromatic heterocycles. The molecule has 3 heterocycles. The molecule has 0 radical (unpaired) electrons. The summed E-state index contributed by atoms with van der Waals surface area (Å²) in [5.74, 6) is 0.888. The quantitative estimate of drug-likeness (QED) is 0.612. The number of carbonyl (C=O) groups is 2. The number of hydrogen-bond donors (Lipinski definition) is 1. The van der Waals surface area contributed by atoms with Crippen molar-refractivity contribution in [1.82, 2.24) is 19.9 Å². The first kappa shape index (κ1) is 18.3. The fourth-order valence-electron chi connectivity index (χ4n) is 3.81. The van der Waals surface area contributed by atoms with E-state index in [9.17, 15) is 9.59 Å². The molecule has 0 bridgehead atoms. The number of nitrogens with one attached hydrogen (secondary N) is 1. The Kier molecular flexibility index (Phi) is 5.49. The third kappa shape index (κ3) is 3.54. The second kappa shape index (κ2) is 7.81. The Labute approximate surface area is 153 Å². The summed E-state index contributed by atoms with van der Waals surface area (Å²) in [5, 5.41) is 0.